The van der Waals surface area contributed by atoms with Gasteiger partial charge in [0.2, 0.25) is 11.8 Å². The van der Waals surface area contributed by atoms with E-state index in [9.17, 15) is 9.59 Å². The quantitative estimate of drug-likeness (QED) is 0.648. The Morgan fingerprint density at radius 3 is 2.71 bits per heavy atom. The summed E-state index contributed by atoms with van der Waals surface area (Å²) in [6, 6.07) is -0.0359. The van der Waals surface area contributed by atoms with E-state index >= 15 is 0 Å². The van der Waals surface area contributed by atoms with Crippen LogP contribution in [0.1, 0.15) is 32.6 Å². The van der Waals surface area contributed by atoms with Gasteiger partial charge in [-0.25, -0.2) is 0 Å². The van der Waals surface area contributed by atoms with E-state index in [1.165, 1.54) is 0 Å². The maximum atomic E-state index is 11.9. The van der Waals surface area contributed by atoms with Crippen LogP contribution in [0.5, 0.6) is 0 Å². The van der Waals surface area contributed by atoms with Gasteiger partial charge in [-0.05, 0) is 25.2 Å². The number of hydrogen-bond acceptors (Lipinski definition) is 3. The van der Waals surface area contributed by atoms with Gasteiger partial charge in [0, 0.05) is 26.1 Å². The van der Waals surface area contributed by atoms with Crippen molar-refractivity contribution in [2.75, 3.05) is 13.6 Å². The molecule has 0 spiro atoms. The van der Waals surface area contributed by atoms with Crippen LogP contribution in [-0.4, -0.2) is 31.4 Å². The topological polar surface area (TPSA) is 84.2 Å². The van der Waals surface area contributed by atoms with Gasteiger partial charge in [-0.2, -0.15) is 0 Å². The molecule has 1 fully saturated rings. The summed E-state index contributed by atoms with van der Waals surface area (Å²) >= 11 is 0. The zero-order chi connectivity index (χ0) is 12.8. The monoisotopic (exact) mass is 241 g/mol. The van der Waals surface area contributed by atoms with E-state index in [-0.39, 0.29) is 23.8 Å². The number of rotatable bonds is 4. The third-order valence-corrected chi connectivity index (χ3v) is 3.43. The van der Waals surface area contributed by atoms with Crippen molar-refractivity contribution in [2.24, 2.45) is 17.6 Å². The van der Waals surface area contributed by atoms with Gasteiger partial charge in [0.05, 0.1) is 5.92 Å². The van der Waals surface area contributed by atoms with E-state index in [0.717, 1.165) is 19.3 Å². The molecule has 1 aliphatic carbocycles. The van der Waals surface area contributed by atoms with Crippen LogP contribution in [0, 0.1) is 11.8 Å². The zero-order valence-corrected chi connectivity index (χ0v) is 10.7. The van der Waals surface area contributed by atoms with Gasteiger partial charge >= 0.3 is 0 Å². The van der Waals surface area contributed by atoms with Crippen molar-refractivity contribution in [1.82, 2.24) is 10.6 Å². The Morgan fingerprint density at radius 2 is 2.06 bits per heavy atom. The summed E-state index contributed by atoms with van der Waals surface area (Å²) in [6.07, 6.45) is 3.19. The van der Waals surface area contributed by atoms with Crippen LogP contribution < -0.4 is 16.4 Å². The number of hydrogen-bond donors (Lipinski definition) is 3. The minimum atomic E-state index is -0.0940. The molecule has 4 N–H and O–H groups in total. The molecule has 1 saturated carbocycles. The van der Waals surface area contributed by atoms with Gasteiger partial charge in [0.25, 0.3) is 0 Å². The van der Waals surface area contributed by atoms with E-state index in [1.54, 1.807) is 7.05 Å². The Hall–Kier alpha value is -1.10. The third kappa shape index (κ3) is 4.34. The number of carbonyl (C=O) groups excluding carboxylic acids is 2. The van der Waals surface area contributed by atoms with Gasteiger partial charge in [0.1, 0.15) is 0 Å². The maximum absolute atomic E-state index is 11.9. The summed E-state index contributed by atoms with van der Waals surface area (Å²) in [5, 5.41) is 5.31. The molecule has 1 rings (SSSR count). The highest BCUT2D eigenvalue weighted by molar-refractivity contribution is 5.81. The minimum Gasteiger partial charge on any atom is -0.359 e. The van der Waals surface area contributed by atoms with Gasteiger partial charge in [-0.15, -0.1) is 0 Å². The molecule has 3 unspecified atom stereocenters. The molecule has 0 aliphatic heterocycles. The lowest BCUT2D eigenvalue weighted by atomic mass is 9.79. The standard InChI is InChI=1S/C12H23N3O2/c1-8-3-4-10(13)9(7-8)12(17)15-6-5-11(16)14-2/h8-10H,3-7,13H2,1-2H3,(H,14,16)(H,15,17). The molecule has 0 saturated heterocycles. The lowest BCUT2D eigenvalue weighted by Crippen LogP contribution is -2.45. The second-order valence-corrected chi connectivity index (χ2v) is 4.90. The minimum absolute atomic E-state index is 0.00652. The Bertz CT molecular complexity index is 281. The van der Waals surface area contributed by atoms with Crippen molar-refractivity contribution in [3.05, 3.63) is 0 Å². The molecule has 3 atom stereocenters. The molecule has 17 heavy (non-hydrogen) atoms. The molecular weight excluding hydrogens is 218 g/mol. The second-order valence-electron chi connectivity index (χ2n) is 4.90. The lowest BCUT2D eigenvalue weighted by molar-refractivity contribution is -0.127. The first-order valence-electron chi connectivity index (χ1n) is 6.28. The number of amides is 2. The molecule has 0 aromatic heterocycles. The zero-order valence-electron chi connectivity index (χ0n) is 10.7. The average molecular weight is 241 g/mol. The highest BCUT2D eigenvalue weighted by Crippen LogP contribution is 2.27. The summed E-state index contributed by atoms with van der Waals surface area (Å²) in [6.45, 7) is 2.53. The maximum Gasteiger partial charge on any atom is 0.224 e. The summed E-state index contributed by atoms with van der Waals surface area (Å²) in [5.74, 6) is 0.396. The van der Waals surface area contributed by atoms with Crippen molar-refractivity contribution in [3.63, 3.8) is 0 Å². The van der Waals surface area contributed by atoms with Crippen LogP contribution in [0.4, 0.5) is 0 Å². The third-order valence-electron chi connectivity index (χ3n) is 3.43. The fraction of sp³-hybridized carbons (Fsp3) is 0.833. The van der Waals surface area contributed by atoms with Crippen LogP contribution >= 0.6 is 0 Å². The van der Waals surface area contributed by atoms with E-state index in [0.29, 0.717) is 18.9 Å². The predicted molar refractivity (Wildman–Crippen MR) is 66.2 cm³/mol. The van der Waals surface area contributed by atoms with E-state index < -0.39 is 0 Å². The first-order chi connectivity index (χ1) is 8.04. The smallest absolute Gasteiger partial charge is 0.224 e. The van der Waals surface area contributed by atoms with Gasteiger partial charge in [0.15, 0.2) is 0 Å². The van der Waals surface area contributed by atoms with Gasteiger partial charge in [-0.1, -0.05) is 6.92 Å². The van der Waals surface area contributed by atoms with Crippen molar-refractivity contribution in [2.45, 2.75) is 38.6 Å². The van der Waals surface area contributed by atoms with E-state index in [1.807, 2.05) is 0 Å². The first kappa shape index (κ1) is 14.0. The molecule has 98 valence electrons. The van der Waals surface area contributed by atoms with Crippen molar-refractivity contribution >= 4 is 11.8 Å². The Morgan fingerprint density at radius 1 is 1.35 bits per heavy atom. The molecule has 5 nitrogen and oxygen atoms in total. The van der Waals surface area contributed by atoms with Crippen LogP contribution in [0.25, 0.3) is 0 Å². The van der Waals surface area contributed by atoms with Gasteiger partial charge in [-0.3, -0.25) is 9.59 Å². The fourth-order valence-electron chi connectivity index (χ4n) is 2.26. The second kappa shape index (κ2) is 6.59. The summed E-state index contributed by atoms with van der Waals surface area (Å²) in [7, 11) is 1.59. The van der Waals surface area contributed by atoms with Gasteiger partial charge < -0.3 is 16.4 Å². The van der Waals surface area contributed by atoms with Crippen molar-refractivity contribution in [3.8, 4) is 0 Å². The van der Waals surface area contributed by atoms with Crippen LogP contribution in [0.15, 0.2) is 0 Å². The largest absolute Gasteiger partial charge is 0.359 e. The molecule has 0 aromatic rings. The average Bonchev–Trinajstić information content (AvgIpc) is 2.31. The van der Waals surface area contributed by atoms with Crippen molar-refractivity contribution < 1.29 is 9.59 Å². The Kier molecular flexibility index (Phi) is 5.41. The molecule has 1 aliphatic rings. The Balaban J connectivity index is 2.33. The highest BCUT2D eigenvalue weighted by atomic mass is 16.2. The summed E-state index contributed by atoms with van der Waals surface area (Å²) in [5.41, 5.74) is 5.96. The molecule has 0 heterocycles. The van der Waals surface area contributed by atoms with E-state index in [2.05, 4.69) is 17.6 Å². The fourth-order valence-corrected chi connectivity index (χ4v) is 2.26. The highest BCUT2D eigenvalue weighted by Gasteiger charge is 2.31. The predicted octanol–water partition coefficient (Wildman–Crippen LogP) is 0.00220. The van der Waals surface area contributed by atoms with Crippen LogP contribution in [-0.2, 0) is 9.59 Å². The molecule has 5 heteroatoms. The molecule has 0 aromatic carbocycles. The molecule has 0 bridgehead atoms. The lowest BCUT2D eigenvalue weighted by Gasteiger charge is -2.31. The normalized spacial score (nSPS) is 28.5. The summed E-state index contributed by atoms with van der Waals surface area (Å²) < 4.78 is 0. The molecule has 2 amide bonds. The van der Waals surface area contributed by atoms with Crippen molar-refractivity contribution in [1.29, 1.82) is 0 Å². The number of nitrogens with one attached hydrogen (secondary N) is 2. The number of nitrogens with two attached hydrogens (primary N) is 1. The first-order valence-corrected chi connectivity index (χ1v) is 6.28. The van der Waals surface area contributed by atoms with Crippen LogP contribution in [0.3, 0.4) is 0 Å². The molecule has 0 radical (unpaired) electrons. The van der Waals surface area contributed by atoms with E-state index in [4.69, 9.17) is 5.73 Å². The SMILES string of the molecule is CNC(=O)CCNC(=O)C1CC(C)CCC1N. The van der Waals surface area contributed by atoms with Crippen LogP contribution in [0.2, 0.25) is 0 Å². The Labute approximate surface area is 103 Å². The molecular formula is C12H23N3O2. The summed E-state index contributed by atoms with van der Waals surface area (Å²) in [4.78, 5) is 22.9. The number of carbonyl (C=O) groups is 2.